The Kier molecular flexibility index (Phi) is 10.4. The highest BCUT2D eigenvalue weighted by Gasteiger charge is 2.50. The minimum atomic E-state index is -3.29. The van der Waals surface area contributed by atoms with Crippen molar-refractivity contribution < 1.29 is 28.9 Å². The number of fused-ring (bicyclic) bond motifs is 1. The summed E-state index contributed by atoms with van der Waals surface area (Å²) >= 11 is 0. The summed E-state index contributed by atoms with van der Waals surface area (Å²) in [6, 6.07) is 0. The van der Waals surface area contributed by atoms with Crippen molar-refractivity contribution in [1.29, 1.82) is 0 Å². The van der Waals surface area contributed by atoms with Crippen LogP contribution < -0.4 is 0 Å². The summed E-state index contributed by atoms with van der Waals surface area (Å²) in [5.74, 6) is 1.30. The Bertz CT molecular complexity index is 897. The quantitative estimate of drug-likeness (QED) is 0.243. The van der Waals surface area contributed by atoms with Crippen LogP contribution in [0, 0.1) is 23.2 Å². The number of hydrogen-bond donors (Lipinski definition) is 3. The van der Waals surface area contributed by atoms with Gasteiger partial charge >= 0.3 is 7.60 Å². The van der Waals surface area contributed by atoms with Crippen LogP contribution in [-0.2, 0) is 13.6 Å². The molecule has 36 heavy (non-hydrogen) atoms. The molecule has 3 aliphatic rings. The Morgan fingerprint density at radius 3 is 2.53 bits per heavy atom. The normalized spacial score (nSPS) is 35.5. The number of hydrogen-bond acceptors (Lipinski definition) is 6. The zero-order chi connectivity index (χ0) is 26.5. The number of allylic oxidation sites excluding steroid dienone is 4. The molecule has 7 atom stereocenters. The van der Waals surface area contributed by atoms with Gasteiger partial charge in [0.25, 0.3) is 0 Å². The SMILES string of the molecule is C=C1/C(=C\C=C2/CCC[C@]3(C)[C@@H]([C@H](C)/C=C/[C@H](O)CP(=O)(OCC)OCC)CC[C@@H]23)C[C@@H](O)C[C@@H]1O. The van der Waals surface area contributed by atoms with Crippen molar-refractivity contribution in [1.82, 2.24) is 0 Å². The smallest absolute Gasteiger partial charge is 0.333 e. The van der Waals surface area contributed by atoms with Crippen LogP contribution >= 0.6 is 7.60 Å². The van der Waals surface area contributed by atoms with Gasteiger partial charge in [-0.2, -0.15) is 0 Å². The fourth-order valence-electron chi connectivity index (χ4n) is 6.87. The van der Waals surface area contributed by atoms with E-state index in [9.17, 15) is 19.9 Å². The highest BCUT2D eigenvalue weighted by Crippen LogP contribution is 2.59. The molecule has 0 saturated heterocycles. The molecule has 6 nitrogen and oxygen atoms in total. The van der Waals surface area contributed by atoms with E-state index in [0.717, 1.165) is 36.8 Å². The van der Waals surface area contributed by atoms with E-state index >= 15 is 0 Å². The standard InChI is InChI=1S/C29H47O6P/c1-6-34-36(33,35-7-2)19-24(30)13-10-20(3)26-14-15-27-22(9-8-16-29(26,27)5)11-12-23-17-25(31)18-28(32)21(23)4/h10-13,20,24-28,30-32H,4,6-9,14-19H2,1-3,5H3/b13-10+,22-11+,23-12-/t20-,24+,25-,26-,27+,28+,29-/m1/s1. The van der Waals surface area contributed by atoms with Crippen molar-refractivity contribution in [2.45, 2.75) is 91.0 Å². The van der Waals surface area contributed by atoms with Crippen molar-refractivity contribution >= 4 is 7.60 Å². The van der Waals surface area contributed by atoms with E-state index in [4.69, 9.17) is 9.05 Å². The molecule has 3 rings (SSSR count). The Hall–Kier alpha value is -1.01. The maximum atomic E-state index is 12.7. The third-order valence-electron chi connectivity index (χ3n) is 8.64. The summed E-state index contributed by atoms with van der Waals surface area (Å²) in [5, 5.41) is 30.8. The average Bonchev–Trinajstić information content (AvgIpc) is 3.16. The van der Waals surface area contributed by atoms with Gasteiger partial charge in [0.15, 0.2) is 0 Å². The van der Waals surface area contributed by atoms with E-state index in [-0.39, 0.29) is 30.7 Å². The molecule has 3 aliphatic carbocycles. The maximum absolute atomic E-state index is 12.7. The summed E-state index contributed by atoms with van der Waals surface area (Å²) < 4.78 is 23.4. The fraction of sp³-hybridized carbons (Fsp3) is 0.724. The van der Waals surface area contributed by atoms with Crippen molar-refractivity contribution in [3.8, 4) is 0 Å². The van der Waals surface area contributed by atoms with Gasteiger partial charge in [0.05, 0.1) is 37.7 Å². The number of rotatable bonds is 10. The Morgan fingerprint density at radius 2 is 1.86 bits per heavy atom. The zero-order valence-electron chi connectivity index (χ0n) is 22.6. The van der Waals surface area contributed by atoms with Gasteiger partial charge in [0.1, 0.15) is 0 Å². The predicted octanol–water partition coefficient (Wildman–Crippen LogP) is 5.95. The highest BCUT2D eigenvalue weighted by atomic mass is 31.2. The molecule has 0 radical (unpaired) electrons. The largest absolute Gasteiger partial charge is 0.393 e. The zero-order valence-corrected chi connectivity index (χ0v) is 23.5. The fourth-order valence-corrected chi connectivity index (χ4v) is 8.52. The van der Waals surface area contributed by atoms with Crippen molar-refractivity contribution in [3.63, 3.8) is 0 Å². The molecule has 0 aromatic carbocycles. The third kappa shape index (κ3) is 6.89. The van der Waals surface area contributed by atoms with Crippen molar-refractivity contribution in [2.75, 3.05) is 19.4 Å². The first kappa shape index (κ1) is 29.5. The molecule has 0 amide bonds. The second-order valence-electron chi connectivity index (χ2n) is 11.1. The van der Waals surface area contributed by atoms with Gasteiger partial charge in [-0.05, 0) is 86.7 Å². The molecule has 3 saturated carbocycles. The lowest BCUT2D eigenvalue weighted by Gasteiger charge is -2.44. The molecule has 0 aliphatic heterocycles. The van der Waals surface area contributed by atoms with Gasteiger partial charge < -0.3 is 24.4 Å². The van der Waals surface area contributed by atoms with Gasteiger partial charge in [-0.15, -0.1) is 0 Å². The third-order valence-corrected chi connectivity index (χ3v) is 10.8. The summed E-state index contributed by atoms with van der Waals surface area (Å²) in [4.78, 5) is 0. The van der Waals surface area contributed by atoms with Crippen LogP contribution in [-0.4, -0.2) is 53.0 Å². The van der Waals surface area contributed by atoms with E-state index in [1.54, 1.807) is 19.9 Å². The van der Waals surface area contributed by atoms with Gasteiger partial charge in [0, 0.05) is 6.42 Å². The average molecular weight is 523 g/mol. The lowest BCUT2D eigenvalue weighted by molar-refractivity contribution is 0.0862. The minimum absolute atomic E-state index is 0.0291. The van der Waals surface area contributed by atoms with Gasteiger partial charge in [-0.25, -0.2) is 0 Å². The topological polar surface area (TPSA) is 96.2 Å². The minimum Gasteiger partial charge on any atom is -0.393 e. The molecule has 0 heterocycles. The molecular weight excluding hydrogens is 475 g/mol. The van der Waals surface area contributed by atoms with Crippen LogP contribution in [0.5, 0.6) is 0 Å². The molecule has 0 aromatic heterocycles. The molecule has 0 bridgehead atoms. The highest BCUT2D eigenvalue weighted by molar-refractivity contribution is 7.53. The van der Waals surface area contributed by atoms with Crippen molar-refractivity contribution in [3.05, 3.63) is 47.6 Å². The second-order valence-corrected chi connectivity index (χ2v) is 13.2. The molecule has 0 unspecified atom stereocenters. The Labute approximate surface area is 217 Å². The Balaban J connectivity index is 1.69. The van der Waals surface area contributed by atoms with E-state index in [1.165, 1.54) is 12.0 Å². The summed E-state index contributed by atoms with van der Waals surface area (Å²) in [6.45, 7) is 12.8. The Morgan fingerprint density at radius 1 is 1.17 bits per heavy atom. The number of aliphatic hydroxyl groups excluding tert-OH is 3. The predicted molar refractivity (Wildman–Crippen MR) is 145 cm³/mol. The summed E-state index contributed by atoms with van der Waals surface area (Å²) in [6.07, 6.45) is 12.7. The molecule has 0 spiro atoms. The first-order valence-electron chi connectivity index (χ1n) is 13.7. The van der Waals surface area contributed by atoms with Crippen LogP contribution in [0.15, 0.2) is 47.6 Å². The molecule has 0 aromatic rings. The molecule has 3 fully saturated rings. The van der Waals surface area contributed by atoms with Gasteiger partial charge in [-0.3, -0.25) is 4.57 Å². The lowest BCUT2D eigenvalue weighted by atomic mass is 9.61. The molecule has 7 heteroatoms. The molecule has 204 valence electrons. The first-order valence-corrected chi connectivity index (χ1v) is 15.4. The first-order chi connectivity index (χ1) is 17.0. The van der Waals surface area contributed by atoms with E-state index in [1.807, 2.05) is 0 Å². The van der Waals surface area contributed by atoms with Gasteiger partial charge in [0.2, 0.25) is 0 Å². The summed E-state index contributed by atoms with van der Waals surface area (Å²) in [5.41, 5.74) is 3.34. The molecule has 3 N–H and O–H groups in total. The number of aliphatic hydroxyl groups is 3. The van der Waals surface area contributed by atoms with E-state index < -0.39 is 25.9 Å². The van der Waals surface area contributed by atoms with Gasteiger partial charge in [-0.1, -0.05) is 50.3 Å². The van der Waals surface area contributed by atoms with E-state index in [2.05, 4.69) is 38.7 Å². The van der Waals surface area contributed by atoms with Crippen molar-refractivity contribution in [2.24, 2.45) is 23.2 Å². The molecular formula is C29H47O6P. The monoisotopic (exact) mass is 522 g/mol. The van der Waals surface area contributed by atoms with Crippen LogP contribution in [0.25, 0.3) is 0 Å². The van der Waals surface area contributed by atoms with E-state index in [0.29, 0.717) is 24.7 Å². The van der Waals surface area contributed by atoms with Crippen LogP contribution in [0.2, 0.25) is 0 Å². The lowest BCUT2D eigenvalue weighted by Crippen LogP contribution is -2.35. The van der Waals surface area contributed by atoms with Crippen LogP contribution in [0.4, 0.5) is 0 Å². The second kappa shape index (κ2) is 12.7. The van der Waals surface area contributed by atoms with Crippen LogP contribution in [0.3, 0.4) is 0 Å². The van der Waals surface area contributed by atoms with Crippen LogP contribution in [0.1, 0.15) is 72.6 Å². The summed E-state index contributed by atoms with van der Waals surface area (Å²) in [7, 11) is -3.29. The maximum Gasteiger partial charge on any atom is 0.333 e.